The summed E-state index contributed by atoms with van der Waals surface area (Å²) in [7, 11) is 0. The van der Waals surface area contributed by atoms with Crippen molar-refractivity contribution in [2.24, 2.45) is 0 Å². The molecule has 1 aliphatic rings. The number of carbonyl (C=O) groups excluding carboxylic acids is 1. The Balaban J connectivity index is 1.36. The second-order valence-electron chi connectivity index (χ2n) is 6.39. The number of hydrogen-bond donors (Lipinski definition) is 0. The Bertz CT molecular complexity index is 1040. The molecule has 9 heteroatoms. The monoisotopic (exact) mass is 378 g/mol. The zero-order chi connectivity index (χ0) is 19.5. The van der Waals surface area contributed by atoms with Crippen molar-refractivity contribution in [3.05, 3.63) is 70.8 Å². The van der Waals surface area contributed by atoms with E-state index in [1.165, 1.54) is 12.3 Å². The minimum absolute atomic E-state index is 0.0323. The highest BCUT2D eigenvalue weighted by Gasteiger charge is 2.21. The second-order valence-corrected chi connectivity index (χ2v) is 6.39. The van der Waals surface area contributed by atoms with Gasteiger partial charge in [-0.3, -0.25) is 14.9 Å². The number of anilines is 1. The van der Waals surface area contributed by atoms with Gasteiger partial charge in [0.1, 0.15) is 17.7 Å². The molecule has 28 heavy (non-hydrogen) atoms. The van der Waals surface area contributed by atoms with Gasteiger partial charge in [-0.15, -0.1) is 0 Å². The Hall–Kier alpha value is -3.75. The predicted molar refractivity (Wildman–Crippen MR) is 104 cm³/mol. The van der Waals surface area contributed by atoms with Crippen molar-refractivity contribution >= 4 is 29.1 Å². The largest absolute Gasteiger partial charge is 0.353 e. The fraction of sp³-hybridized carbons (Fsp3) is 0.211. The molecule has 3 aromatic heterocycles. The molecule has 142 valence electrons. The lowest BCUT2D eigenvalue weighted by molar-refractivity contribution is -0.385. The highest BCUT2D eigenvalue weighted by atomic mass is 16.6. The summed E-state index contributed by atoms with van der Waals surface area (Å²) in [4.78, 5) is 35.0. The van der Waals surface area contributed by atoms with E-state index in [0.29, 0.717) is 32.0 Å². The third kappa shape index (κ3) is 3.54. The highest BCUT2D eigenvalue weighted by Crippen LogP contribution is 2.17. The highest BCUT2D eigenvalue weighted by molar-refractivity contribution is 5.91. The second kappa shape index (κ2) is 7.47. The number of pyridine rings is 2. The average Bonchev–Trinajstić information content (AvgIpc) is 3.15. The molecule has 1 amide bonds. The number of carbonyl (C=O) groups is 1. The van der Waals surface area contributed by atoms with Gasteiger partial charge in [0.2, 0.25) is 5.91 Å². The standard InChI is InChI=1S/C19H18N6O3/c26-19(7-5-15-13-21-18-3-1-2-8-24(15)18)23-11-9-22(10-12-23)17-6-4-16(14-20-17)25(27)28/h1-8,13-14H,9-12H2/b7-5+. The number of hydrogen-bond acceptors (Lipinski definition) is 6. The van der Waals surface area contributed by atoms with Crippen molar-refractivity contribution in [3.63, 3.8) is 0 Å². The molecule has 0 spiro atoms. The molecule has 0 bridgehead atoms. The van der Waals surface area contributed by atoms with Crippen LogP contribution < -0.4 is 4.90 Å². The summed E-state index contributed by atoms with van der Waals surface area (Å²) < 4.78 is 1.92. The van der Waals surface area contributed by atoms with E-state index >= 15 is 0 Å². The van der Waals surface area contributed by atoms with Gasteiger partial charge in [0, 0.05) is 44.5 Å². The minimum Gasteiger partial charge on any atom is -0.353 e. The lowest BCUT2D eigenvalue weighted by atomic mass is 10.2. The summed E-state index contributed by atoms with van der Waals surface area (Å²) in [5.41, 5.74) is 1.64. The summed E-state index contributed by atoms with van der Waals surface area (Å²) >= 11 is 0. The van der Waals surface area contributed by atoms with Gasteiger partial charge in [-0.1, -0.05) is 6.07 Å². The van der Waals surface area contributed by atoms with Crippen molar-refractivity contribution in [2.45, 2.75) is 0 Å². The van der Waals surface area contributed by atoms with E-state index in [1.54, 1.807) is 29.3 Å². The molecule has 1 saturated heterocycles. The predicted octanol–water partition coefficient (Wildman–Crippen LogP) is 2.00. The van der Waals surface area contributed by atoms with Crippen LogP contribution in [0.25, 0.3) is 11.7 Å². The van der Waals surface area contributed by atoms with Gasteiger partial charge in [-0.05, 0) is 24.3 Å². The Morgan fingerprint density at radius 1 is 1.07 bits per heavy atom. The van der Waals surface area contributed by atoms with E-state index in [1.807, 2.05) is 33.7 Å². The molecule has 0 aliphatic carbocycles. The Kier molecular flexibility index (Phi) is 4.71. The van der Waals surface area contributed by atoms with Crippen molar-refractivity contribution in [3.8, 4) is 0 Å². The van der Waals surface area contributed by atoms with Crippen LogP contribution in [-0.4, -0.2) is 56.3 Å². The first-order valence-corrected chi connectivity index (χ1v) is 8.86. The number of nitrogens with zero attached hydrogens (tertiary/aromatic N) is 6. The minimum atomic E-state index is -0.469. The van der Waals surface area contributed by atoms with Gasteiger partial charge in [-0.25, -0.2) is 9.97 Å². The zero-order valence-corrected chi connectivity index (χ0v) is 15.0. The molecule has 1 fully saturated rings. The molecule has 0 saturated carbocycles. The molecule has 0 unspecified atom stereocenters. The quantitative estimate of drug-likeness (QED) is 0.391. The lowest BCUT2D eigenvalue weighted by Crippen LogP contribution is -2.48. The summed E-state index contributed by atoms with van der Waals surface area (Å²) in [6.45, 7) is 2.38. The van der Waals surface area contributed by atoms with Crippen molar-refractivity contribution in [1.82, 2.24) is 19.3 Å². The van der Waals surface area contributed by atoms with Crippen LogP contribution in [0.5, 0.6) is 0 Å². The number of amides is 1. The molecule has 1 aliphatic heterocycles. The van der Waals surface area contributed by atoms with E-state index in [0.717, 1.165) is 11.3 Å². The maximum Gasteiger partial charge on any atom is 0.287 e. The van der Waals surface area contributed by atoms with Crippen molar-refractivity contribution in [1.29, 1.82) is 0 Å². The molecule has 9 nitrogen and oxygen atoms in total. The molecular weight excluding hydrogens is 360 g/mol. The molecule has 3 aromatic rings. The zero-order valence-electron chi connectivity index (χ0n) is 15.0. The molecule has 0 radical (unpaired) electrons. The normalized spacial score (nSPS) is 14.7. The van der Waals surface area contributed by atoms with Gasteiger partial charge in [-0.2, -0.15) is 0 Å². The van der Waals surface area contributed by atoms with Gasteiger partial charge in [0.25, 0.3) is 5.69 Å². The molecule has 0 N–H and O–H groups in total. The number of imidazole rings is 1. The van der Waals surface area contributed by atoms with E-state index in [2.05, 4.69) is 9.97 Å². The van der Waals surface area contributed by atoms with Crippen molar-refractivity contribution < 1.29 is 9.72 Å². The maximum atomic E-state index is 12.5. The van der Waals surface area contributed by atoms with Crippen LogP contribution in [0.1, 0.15) is 5.69 Å². The van der Waals surface area contributed by atoms with E-state index in [9.17, 15) is 14.9 Å². The smallest absolute Gasteiger partial charge is 0.287 e. The Morgan fingerprint density at radius 3 is 2.61 bits per heavy atom. The first-order chi connectivity index (χ1) is 13.6. The van der Waals surface area contributed by atoms with Crippen LogP contribution in [0.15, 0.2) is 55.0 Å². The number of nitro groups is 1. The Labute approximate surface area is 160 Å². The lowest BCUT2D eigenvalue weighted by Gasteiger charge is -2.34. The molecular formula is C19H18N6O3. The van der Waals surface area contributed by atoms with Crippen LogP contribution in [0, 0.1) is 10.1 Å². The number of rotatable bonds is 4. The van der Waals surface area contributed by atoms with Gasteiger partial charge in [0.05, 0.1) is 16.8 Å². The molecule has 4 heterocycles. The van der Waals surface area contributed by atoms with Crippen LogP contribution in [0.4, 0.5) is 11.5 Å². The average molecular weight is 378 g/mol. The summed E-state index contributed by atoms with van der Waals surface area (Å²) in [6.07, 6.45) is 8.23. The third-order valence-electron chi connectivity index (χ3n) is 4.70. The number of fused-ring (bicyclic) bond motifs is 1. The third-order valence-corrected chi connectivity index (χ3v) is 4.70. The van der Waals surface area contributed by atoms with E-state index < -0.39 is 4.92 Å². The van der Waals surface area contributed by atoms with Crippen molar-refractivity contribution in [2.75, 3.05) is 31.1 Å². The first-order valence-electron chi connectivity index (χ1n) is 8.86. The summed E-state index contributed by atoms with van der Waals surface area (Å²) in [6, 6.07) is 8.82. The summed E-state index contributed by atoms with van der Waals surface area (Å²) in [5, 5.41) is 10.7. The number of piperazine rings is 1. The topological polar surface area (TPSA) is 96.9 Å². The fourth-order valence-corrected chi connectivity index (χ4v) is 3.17. The molecule has 0 atom stereocenters. The van der Waals surface area contributed by atoms with Crippen LogP contribution in [0.3, 0.4) is 0 Å². The van der Waals surface area contributed by atoms with E-state index in [-0.39, 0.29) is 11.6 Å². The van der Waals surface area contributed by atoms with Gasteiger partial charge < -0.3 is 14.2 Å². The van der Waals surface area contributed by atoms with E-state index in [4.69, 9.17) is 0 Å². The van der Waals surface area contributed by atoms with Gasteiger partial charge in [0.15, 0.2) is 0 Å². The van der Waals surface area contributed by atoms with Gasteiger partial charge >= 0.3 is 0 Å². The Morgan fingerprint density at radius 2 is 1.89 bits per heavy atom. The fourth-order valence-electron chi connectivity index (χ4n) is 3.17. The molecule has 0 aromatic carbocycles. The number of aromatic nitrogens is 3. The van der Waals surface area contributed by atoms with Crippen LogP contribution in [-0.2, 0) is 4.79 Å². The van der Waals surface area contributed by atoms with Crippen LogP contribution >= 0.6 is 0 Å². The van der Waals surface area contributed by atoms with Crippen LogP contribution in [0.2, 0.25) is 0 Å². The molecule has 4 rings (SSSR count). The summed E-state index contributed by atoms with van der Waals surface area (Å²) in [5.74, 6) is 0.626. The maximum absolute atomic E-state index is 12.5. The SMILES string of the molecule is O=C(/C=C/c1cnc2ccccn12)N1CCN(c2ccc([N+](=O)[O-])cn2)CC1. The first kappa shape index (κ1) is 17.7.